The second-order valence-electron chi connectivity index (χ2n) is 10.9. The van der Waals surface area contributed by atoms with Crippen LogP contribution in [0.5, 0.6) is 0 Å². The molecular formula is C27H30F3N7O3. The number of anilines is 2. The van der Waals surface area contributed by atoms with E-state index >= 15 is 0 Å². The van der Waals surface area contributed by atoms with Crippen LogP contribution in [-0.4, -0.2) is 72.7 Å². The minimum atomic E-state index is -4.69. The number of hydrogen-bond acceptors (Lipinski definition) is 9. The highest BCUT2D eigenvalue weighted by Crippen LogP contribution is 2.46. The van der Waals surface area contributed by atoms with E-state index in [1.165, 1.54) is 35.7 Å². The molecule has 0 saturated carbocycles. The third kappa shape index (κ3) is 4.97. The highest BCUT2D eigenvalue weighted by molar-refractivity contribution is 5.92. The molecule has 1 aliphatic carbocycles. The van der Waals surface area contributed by atoms with Crippen LogP contribution in [0.15, 0.2) is 41.3 Å². The molecule has 1 fully saturated rings. The maximum atomic E-state index is 14.4. The molecule has 0 bridgehead atoms. The second kappa shape index (κ2) is 10.3. The van der Waals surface area contributed by atoms with Crippen LogP contribution in [0.4, 0.5) is 25.0 Å². The number of oxazole rings is 1. The molecule has 2 unspecified atom stereocenters. The van der Waals surface area contributed by atoms with E-state index in [0.29, 0.717) is 43.0 Å². The summed E-state index contributed by atoms with van der Waals surface area (Å²) in [6.45, 7) is 4.41. The fourth-order valence-corrected chi connectivity index (χ4v) is 5.78. The first kappa shape index (κ1) is 27.8. The van der Waals surface area contributed by atoms with Gasteiger partial charge in [-0.3, -0.25) is 15.0 Å². The van der Waals surface area contributed by atoms with E-state index in [4.69, 9.17) is 4.42 Å². The van der Waals surface area contributed by atoms with Crippen molar-refractivity contribution >= 4 is 17.7 Å². The van der Waals surface area contributed by atoms with Gasteiger partial charge in [0.2, 0.25) is 0 Å². The van der Waals surface area contributed by atoms with Gasteiger partial charge in [-0.05, 0) is 39.0 Å². The Labute approximate surface area is 229 Å². The number of carbonyl (C=O) groups is 1. The van der Waals surface area contributed by atoms with Crippen LogP contribution >= 0.6 is 0 Å². The summed E-state index contributed by atoms with van der Waals surface area (Å²) >= 11 is 0. The minimum absolute atomic E-state index is 0.0147. The Hall–Kier alpha value is -3.76. The van der Waals surface area contributed by atoms with Crippen molar-refractivity contribution < 1.29 is 27.5 Å². The number of piperidine rings is 1. The monoisotopic (exact) mass is 557 g/mol. The quantitative estimate of drug-likeness (QED) is 0.564. The Morgan fingerprint density at radius 2 is 1.98 bits per heavy atom. The third-order valence-electron chi connectivity index (χ3n) is 8.09. The van der Waals surface area contributed by atoms with Crippen molar-refractivity contribution in [3.8, 4) is 6.07 Å². The average molecular weight is 558 g/mol. The first-order valence-corrected chi connectivity index (χ1v) is 13.1. The number of nitrogens with zero attached hydrogens (tertiary/aromatic N) is 6. The molecule has 13 heteroatoms. The van der Waals surface area contributed by atoms with Gasteiger partial charge in [-0.1, -0.05) is 24.3 Å². The molecule has 1 amide bonds. The molecule has 2 aliphatic heterocycles. The summed E-state index contributed by atoms with van der Waals surface area (Å²) in [4.78, 5) is 28.6. The zero-order valence-corrected chi connectivity index (χ0v) is 22.1. The van der Waals surface area contributed by atoms with Crippen molar-refractivity contribution in [1.82, 2.24) is 24.8 Å². The lowest BCUT2D eigenvalue weighted by Gasteiger charge is -2.47. The lowest BCUT2D eigenvalue weighted by atomic mass is 9.78. The van der Waals surface area contributed by atoms with Crippen molar-refractivity contribution in [1.29, 1.82) is 5.26 Å². The molecule has 2 aromatic heterocycles. The number of carbonyl (C=O) groups excluding carboxylic acids is 1. The number of alkyl halides is 3. The van der Waals surface area contributed by atoms with E-state index in [0.717, 1.165) is 6.08 Å². The van der Waals surface area contributed by atoms with Crippen molar-refractivity contribution in [3.63, 3.8) is 0 Å². The number of allylic oxidation sites excluding steroid dienone is 2. The number of nitriles is 1. The van der Waals surface area contributed by atoms with Gasteiger partial charge in [-0.15, -0.1) is 0 Å². The van der Waals surface area contributed by atoms with Crippen LogP contribution in [0, 0.1) is 23.2 Å². The fraction of sp³-hybridized carbons (Fsp3) is 0.519. The second-order valence-corrected chi connectivity index (χ2v) is 10.9. The Morgan fingerprint density at radius 1 is 1.23 bits per heavy atom. The van der Waals surface area contributed by atoms with E-state index in [-0.39, 0.29) is 43.0 Å². The lowest BCUT2D eigenvalue weighted by Crippen LogP contribution is -2.63. The SMILES string of the molecule is CC(C)(O)C1CCN(C(=O)c2coc(Nc3ncnc4c3CCN(C3(C(F)(F)F)C=CC=CC3C#N)C4)n2)CC1. The summed E-state index contributed by atoms with van der Waals surface area (Å²) in [6.07, 6.45) is 4.44. The summed E-state index contributed by atoms with van der Waals surface area (Å²) in [5, 5.41) is 22.7. The number of aliphatic hydroxyl groups is 1. The minimum Gasteiger partial charge on any atom is -0.431 e. The molecule has 1 saturated heterocycles. The van der Waals surface area contributed by atoms with Gasteiger partial charge in [0.05, 0.1) is 23.3 Å². The molecule has 40 heavy (non-hydrogen) atoms. The number of likely N-dealkylation sites (tertiary alicyclic amines) is 1. The zero-order valence-electron chi connectivity index (χ0n) is 22.1. The third-order valence-corrected chi connectivity index (χ3v) is 8.09. The van der Waals surface area contributed by atoms with Gasteiger partial charge in [-0.25, -0.2) is 9.97 Å². The number of amides is 1. The zero-order chi connectivity index (χ0) is 28.7. The molecule has 5 rings (SSSR count). The van der Waals surface area contributed by atoms with Crippen LogP contribution in [0.1, 0.15) is 48.4 Å². The first-order chi connectivity index (χ1) is 18.9. The van der Waals surface area contributed by atoms with Gasteiger partial charge in [0.15, 0.2) is 11.2 Å². The molecule has 212 valence electrons. The van der Waals surface area contributed by atoms with Crippen molar-refractivity contribution in [3.05, 3.63) is 53.8 Å². The Balaban J connectivity index is 1.30. The summed E-state index contributed by atoms with van der Waals surface area (Å²) < 4.78 is 48.8. The summed E-state index contributed by atoms with van der Waals surface area (Å²) in [5.74, 6) is -1.25. The molecule has 0 radical (unpaired) electrons. The Morgan fingerprint density at radius 3 is 2.65 bits per heavy atom. The highest BCUT2D eigenvalue weighted by Gasteiger charge is 2.62. The molecule has 2 N–H and O–H groups in total. The molecule has 3 aliphatic rings. The Kier molecular flexibility index (Phi) is 7.18. The van der Waals surface area contributed by atoms with Gasteiger partial charge in [0.1, 0.15) is 18.4 Å². The number of aromatic nitrogens is 3. The number of fused-ring (bicyclic) bond motifs is 1. The Bertz CT molecular complexity index is 1370. The summed E-state index contributed by atoms with van der Waals surface area (Å²) in [7, 11) is 0. The summed E-state index contributed by atoms with van der Waals surface area (Å²) in [6, 6.07) is 1.83. The van der Waals surface area contributed by atoms with E-state index < -0.39 is 23.2 Å². The first-order valence-electron chi connectivity index (χ1n) is 13.1. The van der Waals surface area contributed by atoms with Crippen LogP contribution in [-0.2, 0) is 13.0 Å². The van der Waals surface area contributed by atoms with E-state index in [9.17, 15) is 28.3 Å². The predicted octanol–water partition coefficient (Wildman–Crippen LogP) is 3.76. The van der Waals surface area contributed by atoms with Crippen LogP contribution < -0.4 is 5.32 Å². The number of nitrogens with one attached hydrogen (secondary N) is 1. The van der Waals surface area contributed by atoms with Gasteiger partial charge >= 0.3 is 12.2 Å². The van der Waals surface area contributed by atoms with E-state index in [1.807, 2.05) is 0 Å². The molecule has 2 atom stereocenters. The van der Waals surface area contributed by atoms with Crippen molar-refractivity contribution in [2.75, 3.05) is 25.0 Å². The van der Waals surface area contributed by atoms with E-state index in [2.05, 4.69) is 20.3 Å². The van der Waals surface area contributed by atoms with E-state index in [1.54, 1.807) is 24.8 Å². The number of halogens is 3. The molecule has 0 spiro atoms. The van der Waals surface area contributed by atoms with Crippen LogP contribution in [0.3, 0.4) is 0 Å². The standard InChI is InChI=1S/C27H30F3N7O3/c1-25(2,39)17-6-10-36(11-7-17)23(38)21-15-40-24(34-21)35-22-19-8-12-37(14-20(19)32-16-33-22)26(27(28,29)30)9-4-3-5-18(26)13-31/h3-5,9,15-18,39H,6-8,10-12,14H2,1-2H3,(H,32,33,34,35). The lowest BCUT2D eigenvalue weighted by molar-refractivity contribution is -0.225. The fourth-order valence-electron chi connectivity index (χ4n) is 5.78. The molecule has 10 nitrogen and oxygen atoms in total. The van der Waals surface area contributed by atoms with Gasteiger partial charge < -0.3 is 14.4 Å². The average Bonchev–Trinajstić information content (AvgIpc) is 3.40. The molecule has 0 aromatic carbocycles. The predicted molar refractivity (Wildman–Crippen MR) is 137 cm³/mol. The van der Waals surface area contributed by atoms with Gasteiger partial charge in [0.25, 0.3) is 5.91 Å². The summed E-state index contributed by atoms with van der Waals surface area (Å²) in [5.41, 5.74) is -2.15. The largest absolute Gasteiger partial charge is 0.431 e. The molecule has 2 aromatic rings. The maximum Gasteiger partial charge on any atom is 0.412 e. The van der Waals surface area contributed by atoms with Crippen molar-refractivity contribution in [2.45, 2.75) is 57.0 Å². The van der Waals surface area contributed by atoms with Gasteiger partial charge in [0, 0.05) is 31.7 Å². The smallest absolute Gasteiger partial charge is 0.412 e. The normalized spacial score (nSPS) is 24.0. The topological polar surface area (TPSA) is 131 Å². The maximum absolute atomic E-state index is 14.4. The van der Waals surface area contributed by atoms with Gasteiger partial charge in [-0.2, -0.15) is 23.4 Å². The number of hydrogen-bond donors (Lipinski definition) is 2. The van der Waals surface area contributed by atoms with Crippen molar-refractivity contribution in [2.24, 2.45) is 11.8 Å². The highest BCUT2D eigenvalue weighted by atomic mass is 19.4. The molecule has 4 heterocycles. The van der Waals surface area contributed by atoms with Crippen LogP contribution in [0.2, 0.25) is 0 Å². The number of rotatable bonds is 5. The molecular weight excluding hydrogens is 527 g/mol. The van der Waals surface area contributed by atoms with Crippen LogP contribution in [0.25, 0.3) is 0 Å².